The molecule has 0 bridgehead atoms. The van der Waals surface area contributed by atoms with E-state index in [0.717, 1.165) is 48.5 Å². The van der Waals surface area contributed by atoms with Crippen LogP contribution in [0.25, 0.3) is 0 Å². The van der Waals surface area contributed by atoms with Gasteiger partial charge in [0.25, 0.3) is 0 Å². The Morgan fingerprint density at radius 3 is 1.21 bits per heavy atom. The minimum Gasteiger partial charge on any atom is -0.320 e. The zero-order chi connectivity index (χ0) is 22.0. The molecule has 0 aliphatic rings. The van der Waals surface area contributed by atoms with Crippen LogP contribution in [-0.4, -0.2) is 31.0 Å². The second-order valence-electron chi connectivity index (χ2n) is 5.46. The van der Waals surface area contributed by atoms with E-state index in [1.807, 2.05) is 10.6 Å². The van der Waals surface area contributed by atoms with Gasteiger partial charge in [0.15, 0.2) is 0 Å². The number of hydrogen-bond acceptors (Lipinski definition) is 4. The number of carbonyl (C=O) groups excluding carboxylic acids is 2. The first-order chi connectivity index (χ1) is 13.2. The van der Waals surface area contributed by atoms with E-state index in [1.54, 1.807) is 0 Å². The molecule has 13 heteroatoms. The van der Waals surface area contributed by atoms with Gasteiger partial charge in [-0.25, -0.2) is 8.42 Å². The van der Waals surface area contributed by atoms with Gasteiger partial charge >= 0.3 is 22.6 Å². The normalized spacial score (nSPS) is 12.3. The van der Waals surface area contributed by atoms with Gasteiger partial charge in [-0.3, -0.25) is 9.59 Å². The number of amides is 2. The van der Waals surface area contributed by atoms with Crippen LogP contribution in [0.5, 0.6) is 0 Å². The summed E-state index contributed by atoms with van der Waals surface area (Å²) in [5, 5.41) is -4.64. The van der Waals surface area contributed by atoms with Gasteiger partial charge in [0.2, 0.25) is 9.84 Å². The molecule has 0 saturated carbocycles. The fourth-order valence-electron chi connectivity index (χ4n) is 1.97. The van der Waals surface area contributed by atoms with Crippen LogP contribution in [-0.2, 0) is 19.4 Å². The fourth-order valence-corrected chi connectivity index (χ4v) is 3.33. The molecular weight excluding hydrogens is 463 g/mol. The SMILES string of the molecule is O=C(Nc1ccc(S(=O)(=O)c2ccc(NC(=O)C(F)(F)Cl)cc2)cc1)C(F)(F)Cl. The molecule has 0 aliphatic heterocycles. The Kier molecular flexibility index (Phi) is 6.45. The van der Waals surface area contributed by atoms with E-state index in [2.05, 4.69) is 23.2 Å². The van der Waals surface area contributed by atoms with Crippen LogP contribution in [0.1, 0.15) is 0 Å². The number of hydrogen-bond donors (Lipinski definition) is 2. The first-order valence-corrected chi connectivity index (χ1v) is 9.67. The molecule has 0 radical (unpaired) electrons. The molecule has 0 saturated heterocycles. The molecule has 2 aromatic rings. The second kappa shape index (κ2) is 8.17. The van der Waals surface area contributed by atoms with E-state index in [-0.39, 0.29) is 21.2 Å². The number of anilines is 2. The quantitative estimate of drug-likeness (QED) is 0.489. The summed E-state index contributed by atoms with van der Waals surface area (Å²) in [4.78, 5) is 21.7. The highest BCUT2D eigenvalue weighted by Gasteiger charge is 2.36. The molecule has 0 spiro atoms. The van der Waals surface area contributed by atoms with Crippen LogP contribution in [0.4, 0.5) is 28.9 Å². The molecule has 0 aromatic heterocycles. The van der Waals surface area contributed by atoms with Crippen molar-refractivity contribution >= 4 is 56.2 Å². The summed E-state index contributed by atoms with van der Waals surface area (Å²) in [6, 6.07) is 8.52. The number of benzene rings is 2. The van der Waals surface area contributed by atoms with Gasteiger partial charge in [-0.05, 0) is 71.7 Å². The molecule has 0 unspecified atom stereocenters. The lowest BCUT2D eigenvalue weighted by atomic mass is 10.3. The molecule has 156 valence electrons. The second-order valence-corrected chi connectivity index (χ2v) is 8.36. The Morgan fingerprint density at radius 1 is 0.690 bits per heavy atom. The Balaban J connectivity index is 2.18. The van der Waals surface area contributed by atoms with Crippen molar-refractivity contribution in [3.63, 3.8) is 0 Å². The monoisotopic (exact) mass is 472 g/mol. The minimum atomic E-state index is -4.13. The van der Waals surface area contributed by atoms with E-state index in [1.165, 1.54) is 0 Å². The van der Waals surface area contributed by atoms with Gasteiger partial charge in [0, 0.05) is 11.4 Å². The molecule has 2 aromatic carbocycles. The smallest absolute Gasteiger partial charge is 0.320 e. The van der Waals surface area contributed by atoms with Crippen LogP contribution < -0.4 is 10.6 Å². The Morgan fingerprint density at radius 2 is 0.966 bits per heavy atom. The highest BCUT2D eigenvalue weighted by molar-refractivity contribution is 7.91. The van der Waals surface area contributed by atoms with Gasteiger partial charge in [-0.15, -0.1) is 0 Å². The summed E-state index contributed by atoms with van der Waals surface area (Å²) in [6.07, 6.45) is 0. The van der Waals surface area contributed by atoms with E-state index < -0.39 is 32.4 Å². The molecular formula is C16H10Cl2F4N2O4S. The molecule has 2 N–H and O–H groups in total. The van der Waals surface area contributed by atoms with Crippen LogP contribution in [0.15, 0.2) is 58.3 Å². The summed E-state index contributed by atoms with van der Waals surface area (Å²) < 4.78 is 75.7. The molecule has 6 nitrogen and oxygen atoms in total. The lowest BCUT2D eigenvalue weighted by molar-refractivity contribution is -0.130. The van der Waals surface area contributed by atoms with Crippen molar-refractivity contribution in [2.45, 2.75) is 20.6 Å². The summed E-state index contributed by atoms with van der Waals surface area (Å²) in [5.74, 6) is -3.56. The van der Waals surface area contributed by atoms with Crippen molar-refractivity contribution < 1.29 is 35.6 Å². The fraction of sp³-hybridized carbons (Fsp3) is 0.125. The third-order valence-corrected chi connectivity index (χ3v) is 5.49. The maximum absolute atomic E-state index is 12.7. The van der Waals surface area contributed by atoms with Gasteiger partial charge < -0.3 is 10.6 Å². The van der Waals surface area contributed by atoms with Crippen molar-refractivity contribution in [3.05, 3.63) is 48.5 Å². The number of sulfone groups is 1. The van der Waals surface area contributed by atoms with Gasteiger partial charge in [0.05, 0.1) is 9.79 Å². The molecule has 0 fully saturated rings. The minimum absolute atomic E-state index is 0.116. The predicted molar refractivity (Wildman–Crippen MR) is 97.2 cm³/mol. The Bertz CT molecular complexity index is 941. The topological polar surface area (TPSA) is 92.3 Å². The number of halogens is 6. The lowest BCUT2D eigenvalue weighted by Gasteiger charge is -2.11. The van der Waals surface area contributed by atoms with Crippen molar-refractivity contribution in [1.29, 1.82) is 0 Å². The van der Waals surface area contributed by atoms with Crippen molar-refractivity contribution in [3.8, 4) is 0 Å². The third kappa shape index (κ3) is 5.81. The summed E-state index contributed by atoms with van der Waals surface area (Å²) in [5.41, 5.74) is -0.233. The highest BCUT2D eigenvalue weighted by atomic mass is 35.5. The van der Waals surface area contributed by atoms with Crippen LogP contribution in [0, 0.1) is 0 Å². The molecule has 0 heterocycles. The van der Waals surface area contributed by atoms with Crippen molar-refractivity contribution in [2.24, 2.45) is 0 Å². The summed E-state index contributed by atoms with van der Waals surface area (Å²) >= 11 is 9.14. The standard InChI is InChI=1S/C16H10Cl2F4N2O4S/c17-15(19,20)13(25)23-9-1-5-11(6-2-9)29(27,28)12-7-3-10(4-8-12)24-14(26)16(18,21)22/h1-8H,(H,23,25)(H,24,26). The van der Waals surface area contributed by atoms with E-state index >= 15 is 0 Å². The Hall–Kier alpha value is -2.37. The van der Waals surface area contributed by atoms with Gasteiger partial charge in [-0.2, -0.15) is 17.6 Å². The average molecular weight is 473 g/mol. The van der Waals surface area contributed by atoms with Crippen molar-refractivity contribution in [1.82, 2.24) is 0 Å². The maximum atomic E-state index is 12.7. The van der Waals surface area contributed by atoms with Crippen molar-refractivity contribution in [2.75, 3.05) is 10.6 Å². The highest BCUT2D eigenvalue weighted by Crippen LogP contribution is 2.26. The largest absolute Gasteiger partial charge is 0.400 e. The zero-order valence-corrected chi connectivity index (χ0v) is 16.3. The van der Waals surface area contributed by atoms with Crippen LogP contribution in [0.3, 0.4) is 0 Å². The molecule has 29 heavy (non-hydrogen) atoms. The Labute approximate surface area is 171 Å². The molecule has 2 amide bonds. The van der Waals surface area contributed by atoms with E-state index in [0.29, 0.717) is 0 Å². The third-order valence-electron chi connectivity index (χ3n) is 3.36. The number of carbonyl (C=O) groups is 2. The maximum Gasteiger partial charge on any atom is 0.400 e. The number of nitrogens with one attached hydrogen (secondary N) is 2. The summed E-state index contributed by atoms with van der Waals surface area (Å²) in [6.45, 7) is 0. The molecule has 0 atom stereocenters. The van der Waals surface area contributed by atoms with E-state index in [9.17, 15) is 35.6 Å². The van der Waals surface area contributed by atoms with Crippen LogP contribution >= 0.6 is 23.2 Å². The predicted octanol–water partition coefficient (Wildman–Crippen LogP) is 4.06. The van der Waals surface area contributed by atoms with E-state index in [4.69, 9.17) is 0 Å². The number of alkyl halides is 6. The summed E-state index contributed by atoms with van der Waals surface area (Å²) in [7, 11) is -4.06. The average Bonchev–Trinajstić information content (AvgIpc) is 2.61. The first-order valence-electron chi connectivity index (χ1n) is 7.43. The first kappa shape index (κ1) is 22.9. The molecule has 0 aliphatic carbocycles. The van der Waals surface area contributed by atoms with Crippen LogP contribution in [0.2, 0.25) is 0 Å². The lowest BCUT2D eigenvalue weighted by Crippen LogP contribution is -2.28. The molecule has 2 rings (SSSR count). The van der Waals surface area contributed by atoms with Gasteiger partial charge in [-0.1, -0.05) is 0 Å². The van der Waals surface area contributed by atoms with Gasteiger partial charge in [0.1, 0.15) is 0 Å². The number of rotatable bonds is 6. The zero-order valence-electron chi connectivity index (χ0n) is 13.9.